The monoisotopic (exact) mass is 499 g/mol. The number of rotatable bonds is 13. The molecule has 0 N–H and O–H groups in total. The Hall–Kier alpha value is -0.331. The molecule has 5 heteroatoms. The Morgan fingerprint density at radius 2 is 1.68 bits per heavy atom. The van der Waals surface area contributed by atoms with Crippen molar-refractivity contribution in [2.24, 2.45) is 0 Å². The summed E-state index contributed by atoms with van der Waals surface area (Å²) in [6.45, 7) is 12.0. The van der Waals surface area contributed by atoms with Crippen LogP contribution in [0.5, 0.6) is 5.75 Å². The zero-order chi connectivity index (χ0) is 20.5. The molecule has 1 aromatic heterocycles. The van der Waals surface area contributed by atoms with Gasteiger partial charge in [-0.15, -0.1) is 0 Å². The Morgan fingerprint density at radius 1 is 1.07 bits per heavy atom. The number of hydrogen-bond donors (Lipinski definition) is 0. The molecule has 2 heterocycles. The van der Waals surface area contributed by atoms with Crippen LogP contribution in [0.4, 0.5) is 0 Å². The van der Waals surface area contributed by atoms with Crippen molar-refractivity contribution in [1.82, 2.24) is 4.98 Å². The van der Waals surface area contributed by atoms with Crippen LogP contribution in [0.15, 0.2) is 18.3 Å². The predicted molar refractivity (Wildman–Crippen MR) is 119 cm³/mol. The van der Waals surface area contributed by atoms with Gasteiger partial charge in [0.2, 0.25) is 0 Å². The van der Waals surface area contributed by atoms with E-state index in [1.165, 1.54) is 55.5 Å². The molecule has 1 saturated heterocycles. The fourth-order valence-corrected chi connectivity index (χ4v) is 19.6. The summed E-state index contributed by atoms with van der Waals surface area (Å²) in [5.74, 6) is 0.452. The molecule has 0 amide bonds. The van der Waals surface area contributed by atoms with E-state index < -0.39 is 24.2 Å². The molecule has 1 aliphatic rings. The van der Waals surface area contributed by atoms with Crippen LogP contribution in [-0.4, -0.2) is 48.5 Å². The summed E-state index contributed by atoms with van der Waals surface area (Å²) in [5, 5.41) is 0. The molecule has 28 heavy (non-hydrogen) atoms. The van der Waals surface area contributed by atoms with Crippen molar-refractivity contribution in [3.63, 3.8) is 0 Å². The molecule has 0 bridgehead atoms. The molecule has 0 aliphatic carbocycles. The first-order valence-corrected chi connectivity index (χ1v) is 18.8. The van der Waals surface area contributed by atoms with Crippen molar-refractivity contribution in [2.45, 2.75) is 98.3 Å². The van der Waals surface area contributed by atoms with E-state index in [1.807, 2.05) is 26.1 Å². The molecule has 4 nitrogen and oxygen atoms in total. The van der Waals surface area contributed by atoms with Gasteiger partial charge in [-0.1, -0.05) is 0 Å². The summed E-state index contributed by atoms with van der Waals surface area (Å²) in [5.41, 5.74) is 0. The molecule has 0 spiro atoms. The van der Waals surface area contributed by atoms with Crippen LogP contribution in [0, 0.1) is 0 Å². The van der Waals surface area contributed by atoms with E-state index in [9.17, 15) is 0 Å². The van der Waals surface area contributed by atoms with Crippen molar-refractivity contribution >= 4 is 22.1 Å². The van der Waals surface area contributed by atoms with Crippen LogP contribution >= 0.6 is 0 Å². The summed E-state index contributed by atoms with van der Waals surface area (Å²) in [7, 11) is 0. The predicted octanol–water partition coefficient (Wildman–Crippen LogP) is 5.67. The van der Waals surface area contributed by atoms with Crippen LogP contribution in [0.2, 0.25) is 13.3 Å². The van der Waals surface area contributed by atoms with E-state index in [2.05, 4.69) is 26.8 Å². The van der Waals surface area contributed by atoms with E-state index in [0.29, 0.717) is 13.2 Å². The van der Waals surface area contributed by atoms with Crippen molar-refractivity contribution in [1.29, 1.82) is 0 Å². The van der Waals surface area contributed by atoms with Crippen LogP contribution in [0.1, 0.15) is 73.1 Å². The Balaban J connectivity index is 2.14. The Bertz CT molecular complexity index is 557. The fraction of sp³-hybridized carbons (Fsp3) is 0.783. The number of nitrogens with zero attached hydrogens (tertiary/aromatic N) is 1. The second-order valence-electron chi connectivity index (χ2n) is 8.73. The Kier molecular flexibility index (Phi) is 10.0. The number of hydrogen-bond acceptors (Lipinski definition) is 4. The van der Waals surface area contributed by atoms with Gasteiger partial charge in [-0.2, -0.15) is 0 Å². The van der Waals surface area contributed by atoms with Crippen molar-refractivity contribution in [3.05, 3.63) is 18.3 Å². The van der Waals surface area contributed by atoms with Gasteiger partial charge >= 0.3 is 177 Å². The summed E-state index contributed by atoms with van der Waals surface area (Å²) in [6.07, 6.45) is 9.85. The van der Waals surface area contributed by atoms with Crippen molar-refractivity contribution in [2.75, 3.05) is 13.2 Å². The first-order chi connectivity index (χ1) is 13.4. The number of unbranched alkanes of at least 4 members (excludes halogenated alkanes) is 3. The quantitative estimate of drug-likeness (QED) is 0.329. The molecular formula is C23H41NO3Sn. The Labute approximate surface area is 176 Å². The zero-order valence-electron chi connectivity index (χ0n) is 18.8. The maximum atomic E-state index is 6.12. The van der Waals surface area contributed by atoms with Gasteiger partial charge in [-0.05, 0) is 0 Å². The zero-order valence-corrected chi connectivity index (χ0v) is 21.6. The van der Waals surface area contributed by atoms with Crippen LogP contribution in [0.25, 0.3) is 0 Å². The minimum atomic E-state index is -2.50. The molecule has 0 saturated carbocycles. The van der Waals surface area contributed by atoms with E-state index in [4.69, 9.17) is 19.2 Å². The second kappa shape index (κ2) is 11.8. The number of pyridine rings is 1. The van der Waals surface area contributed by atoms with Crippen LogP contribution in [-0.2, 0) is 9.47 Å². The molecule has 1 fully saturated rings. The summed E-state index contributed by atoms with van der Waals surface area (Å²) >= 11 is -2.50. The van der Waals surface area contributed by atoms with Gasteiger partial charge < -0.3 is 0 Å². The van der Waals surface area contributed by atoms with E-state index in [-0.39, 0.29) is 6.10 Å². The van der Waals surface area contributed by atoms with Gasteiger partial charge in [0.1, 0.15) is 0 Å². The Morgan fingerprint density at radius 3 is 2.18 bits per heavy atom. The molecule has 0 unspecified atom stereocenters. The van der Waals surface area contributed by atoms with E-state index in [1.54, 1.807) is 0 Å². The standard InChI is InChI=1S/C11H14NO3.3C4H9.Sn/c1-11(2)14-8-10(15-11)7-13-9-3-5-12-6-4-9;3*1-3-4-2;/h3-5,10H,7-8H2,1-2H3;3*1,3-4H2,2H3;/t10-;;;;/m0..../s1. The van der Waals surface area contributed by atoms with E-state index >= 15 is 0 Å². The third-order valence-electron chi connectivity index (χ3n) is 5.80. The molecule has 0 aromatic carbocycles. The summed E-state index contributed by atoms with van der Waals surface area (Å²) < 4.78 is 23.3. The third-order valence-corrected chi connectivity index (χ3v) is 20.9. The van der Waals surface area contributed by atoms with Gasteiger partial charge in [0.05, 0.1) is 0 Å². The molecule has 1 aromatic rings. The van der Waals surface area contributed by atoms with Crippen LogP contribution in [0.3, 0.4) is 0 Å². The SMILES string of the molecule is CCC[CH2][Sn]([CH2]CCC)([CH2]CCC)[c]1cc(OC[C@H]2COC(C)(C)O2)ccn1. The fourth-order valence-electron chi connectivity index (χ4n) is 4.13. The molecular weight excluding hydrogens is 457 g/mol. The number of ether oxygens (including phenoxy) is 3. The van der Waals surface area contributed by atoms with Crippen molar-refractivity contribution < 1.29 is 14.2 Å². The normalized spacial score (nSPS) is 19.1. The van der Waals surface area contributed by atoms with Gasteiger partial charge in [0.15, 0.2) is 0 Å². The average molecular weight is 498 g/mol. The van der Waals surface area contributed by atoms with Crippen LogP contribution < -0.4 is 8.45 Å². The maximum absolute atomic E-state index is 6.12. The van der Waals surface area contributed by atoms with Gasteiger partial charge in [-0.3, -0.25) is 0 Å². The number of aromatic nitrogens is 1. The molecule has 1 atom stereocenters. The first kappa shape index (κ1) is 23.9. The average Bonchev–Trinajstić information content (AvgIpc) is 3.05. The minimum absolute atomic E-state index is 0.000149. The van der Waals surface area contributed by atoms with Gasteiger partial charge in [-0.25, -0.2) is 0 Å². The summed E-state index contributed by atoms with van der Waals surface area (Å²) in [6, 6.07) is 4.28. The first-order valence-electron chi connectivity index (χ1n) is 11.4. The molecule has 160 valence electrons. The van der Waals surface area contributed by atoms with E-state index in [0.717, 1.165) is 5.75 Å². The van der Waals surface area contributed by atoms with Gasteiger partial charge in [0, 0.05) is 0 Å². The molecule has 0 radical (unpaired) electrons. The van der Waals surface area contributed by atoms with Crippen molar-refractivity contribution in [3.8, 4) is 5.75 Å². The molecule has 1 aliphatic heterocycles. The molecule has 2 rings (SSSR count). The topological polar surface area (TPSA) is 40.6 Å². The summed E-state index contributed by atoms with van der Waals surface area (Å²) in [4.78, 5) is 4.93. The second-order valence-corrected chi connectivity index (χ2v) is 21.8. The van der Waals surface area contributed by atoms with Gasteiger partial charge in [0.25, 0.3) is 0 Å². The third kappa shape index (κ3) is 7.17.